The zero-order chi connectivity index (χ0) is 13.0. The van der Waals surface area contributed by atoms with Crippen molar-refractivity contribution in [3.63, 3.8) is 0 Å². The van der Waals surface area contributed by atoms with E-state index >= 15 is 0 Å². The van der Waals surface area contributed by atoms with Crippen LogP contribution in [0, 0.1) is 13.8 Å². The van der Waals surface area contributed by atoms with Gasteiger partial charge in [0.2, 0.25) is 0 Å². The SMILES string of the molecule is CCCCCOCC1COc2c(C)sc(C)c2O1. The van der Waals surface area contributed by atoms with Crippen LogP contribution in [0.2, 0.25) is 0 Å². The van der Waals surface area contributed by atoms with Gasteiger partial charge >= 0.3 is 0 Å². The lowest BCUT2D eigenvalue weighted by Gasteiger charge is -2.25. The van der Waals surface area contributed by atoms with Crippen molar-refractivity contribution in [2.75, 3.05) is 19.8 Å². The standard InChI is InChI=1S/C14H22O3S/c1-4-5-6-7-15-8-12-9-16-13-10(2)18-11(3)14(13)17-12/h12H,4-9H2,1-3H3. The molecule has 0 fully saturated rings. The predicted molar refractivity (Wildman–Crippen MR) is 74.0 cm³/mol. The van der Waals surface area contributed by atoms with Gasteiger partial charge in [-0.1, -0.05) is 19.8 Å². The third kappa shape index (κ3) is 3.18. The maximum absolute atomic E-state index is 5.95. The molecule has 0 amide bonds. The molecule has 3 nitrogen and oxygen atoms in total. The van der Waals surface area contributed by atoms with E-state index in [1.165, 1.54) is 22.6 Å². The average Bonchev–Trinajstić information content (AvgIpc) is 2.65. The Hall–Kier alpha value is -0.740. The zero-order valence-corrected chi connectivity index (χ0v) is 12.3. The van der Waals surface area contributed by atoms with Crippen molar-refractivity contribution in [2.45, 2.75) is 46.1 Å². The van der Waals surface area contributed by atoms with E-state index in [4.69, 9.17) is 14.2 Å². The molecule has 0 saturated heterocycles. The minimum absolute atomic E-state index is 0.0341. The summed E-state index contributed by atoms with van der Waals surface area (Å²) in [5.41, 5.74) is 0. The molecule has 1 atom stereocenters. The first-order valence-corrected chi connectivity index (χ1v) is 7.51. The zero-order valence-electron chi connectivity index (χ0n) is 11.5. The number of rotatable bonds is 6. The van der Waals surface area contributed by atoms with Gasteiger partial charge in [-0.2, -0.15) is 0 Å². The summed E-state index contributed by atoms with van der Waals surface area (Å²) in [6, 6.07) is 0. The van der Waals surface area contributed by atoms with Gasteiger partial charge < -0.3 is 14.2 Å². The smallest absolute Gasteiger partial charge is 0.175 e. The summed E-state index contributed by atoms with van der Waals surface area (Å²) in [6.45, 7) is 8.38. The average molecular weight is 270 g/mol. The summed E-state index contributed by atoms with van der Waals surface area (Å²) < 4.78 is 17.4. The summed E-state index contributed by atoms with van der Waals surface area (Å²) in [6.07, 6.45) is 3.62. The molecule has 2 rings (SSSR count). The molecule has 1 unspecified atom stereocenters. The molecule has 2 heterocycles. The lowest BCUT2D eigenvalue weighted by atomic mass is 10.3. The molecule has 1 aliphatic rings. The van der Waals surface area contributed by atoms with Crippen molar-refractivity contribution in [2.24, 2.45) is 0 Å². The molecule has 1 aromatic rings. The minimum atomic E-state index is 0.0341. The van der Waals surface area contributed by atoms with E-state index in [2.05, 4.69) is 20.8 Å². The highest BCUT2D eigenvalue weighted by Gasteiger charge is 2.26. The molecule has 0 aromatic carbocycles. The fourth-order valence-corrected chi connectivity index (χ4v) is 3.01. The third-order valence-electron chi connectivity index (χ3n) is 3.05. The second-order valence-electron chi connectivity index (χ2n) is 4.71. The fraction of sp³-hybridized carbons (Fsp3) is 0.714. The molecule has 0 N–H and O–H groups in total. The first-order valence-electron chi connectivity index (χ1n) is 6.69. The molecule has 18 heavy (non-hydrogen) atoms. The number of aryl methyl sites for hydroxylation is 2. The van der Waals surface area contributed by atoms with E-state index in [9.17, 15) is 0 Å². The molecule has 1 aliphatic heterocycles. The Morgan fingerprint density at radius 1 is 1.22 bits per heavy atom. The second kappa shape index (κ2) is 6.43. The van der Waals surface area contributed by atoms with E-state index in [1.54, 1.807) is 11.3 Å². The van der Waals surface area contributed by atoms with Gasteiger partial charge in [-0.25, -0.2) is 0 Å². The predicted octanol–water partition coefficient (Wildman–Crippen LogP) is 3.71. The molecule has 0 aliphatic carbocycles. The van der Waals surface area contributed by atoms with Gasteiger partial charge in [0.25, 0.3) is 0 Å². The number of hydrogen-bond donors (Lipinski definition) is 0. The van der Waals surface area contributed by atoms with Crippen molar-refractivity contribution in [1.82, 2.24) is 0 Å². The lowest BCUT2D eigenvalue weighted by molar-refractivity contribution is 0.00790. The Labute approximate surface area is 113 Å². The number of fused-ring (bicyclic) bond motifs is 1. The molecule has 0 saturated carbocycles. The molecular weight excluding hydrogens is 248 g/mol. The van der Waals surface area contributed by atoms with Gasteiger partial charge in [0.15, 0.2) is 17.6 Å². The Kier molecular flexibility index (Phi) is 4.89. The lowest BCUT2D eigenvalue weighted by Crippen LogP contribution is -2.33. The summed E-state index contributed by atoms with van der Waals surface area (Å²) >= 11 is 1.73. The number of unbranched alkanes of at least 4 members (excludes halogenated alkanes) is 2. The largest absolute Gasteiger partial charge is 0.485 e. The molecule has 102 valence electrons. The summed E-state index contributed by atoms with van der Waals surface area (Å²) in [5, 5.41) is 0. The van der Waals surface area contributed by atoms with Crippen LogP contribution in [0.25, 0.3) is 0 Å². The van der Waals surface area contributed by atoms with Crippen LogP contribution in [0.3, 0.4) is 0 Å². The van der Waals surface area contributed by atoms with Gasteiger partial charge in [0.1, 0.15) is 6.61 Å². The number of thiophene rings is 1. The quantitative estimate of drug-likeness (QED) is 0.737. The van der Waals surface area contributed by atoms with E-state index in [0.717, 1.165) is 24.5 Å². The minimum Gasteiger partial charge on any atom is -0.485 e. The van der Waals surface area contributed by atoms with E-state index < -0.39 is 0 Å². The maximum Gasteiger partial charge on any atom is 0.175 e. The number of hydrogen-bond acceptors (Lipinski definition) is 4. The van der Waals surface area contributed by atoms with Crippen LogP contribution in [-0.4, -0.2) is 25.9 Å². The summed E-state index contributed by atoms with van der Waals surface area (Å²) in [4.78, 5) is 2.39. The molecular formula is C14H22O3S. The topological polar surface area (TPSA) is 27.7 Å². The van der Waals surface area contributed by atoms with Crippen molar-refractivity contribution in [3.8, 4) is 11.5 Å². The molecule has 0 spiro atoms. The van der Waals surface area contributed by atoms with Crippen molar-refractivity contribution in [1.29, 1.82) is 0 Å². The normalized spacial score (nSPS) is 18.1. The summed E-state index contributed by atoms with van der Waals surface area (Å²) in [7, 11) is 0. The fourth-order valence-electron chi connectivity index (χ4n) is 2.07. The van der Waals surface area contributed by atoms with Crippen LogP contribution in [0.4, 0.5) is 0 Å². The highest BCUT2D eigenvalue weighted by molar-refractivity contribution is 7.12. The first-order chi connectivity index (χ1) is 8.72. The Bertz CT molecular complexity index is 387. The highest BCUT2D eigenvalue weighted by Crippen LogP contribution is 2.43. The first kappa shape index (κ1) is 13.7. The molecule has 0 radical (unpaired) electrons. The van der Waals surface area contributed by atoms with Gasteiger partial charge in [-0.3, -0.25) is 0 Å². The van der Waals surface area contributed by atoms with E-state index in [0.29, 0.717) is 13.2 Å². The highest BCUT2D eigenvalue weighted by atomic mass is 32.1. The van der Waals surface area contributed by atoms with Crippen LogP contribution in [0.1, 0.15) is 35.9 Å². The Balaban J connectivity index is 1.79. The molecule has 0 bridgehead atoms. The van der Waals surface area contributed by atoms with Crippen LogP contribution >= 0.6 is 11.3 Å². The van der Waals surface area contributed by atoms with E-state index in [-0.39, 0.29) is 6.10 Å². The van der Waals surface area contributed by atoms with Crippen LogP contribution < -0.4 is 9.47 Å². The third-order valence-corrected chi connectivity index (χ3v) is 4.03. The van der Waals surface area contributed by atoms with Gasteiger partial charge in [-0.15, -0.1) is 11.3 Å². The Morgan fingerprint density at radius 3 is 2.78 bits per heavy atom. The van der Waals surface area contributed by atoms with Crippen LogP contribution in [-0.2, 0) is 4.74 Å². The van der Waals surface area contributed by atoms with E-state index in [1.807, 2.05) is 0 Å². The van der Waals surface area contributed by atoms with Gasteiger partial charge in [0.05, 0.1) is 6.61 Å². The maximum atomic E-state index is 5.95. The number of ether oxygens (including phenoxy) is 3. The monoisotopic (exact) mass is 270 g/mol. The second-order valence-corrected chi connectivity index (χ2v) is 6.13. The van der Waals surface area contributed by atoms with Gasteiger partial charge in [0, 0.05) is 16.4 Å². The van der Waals surface area contributed by atoms with Crippen LogP contribution in [0.5, 0.6) is 11.5 Å². The summed E-state index contributed by atoms with van der Waals surface area (Å²) in [5.74, 6) is 1.85. The molecule has 4 heteroatoms. The molecule has 1 aromatic heterocycles. The van der Waals surface area contributed by atoms with Crippen LogP contribution in [0.15, 0.2) is 0 Å². The van der Waals surface area contributed by atoms with Gasteiger partial charge in [-0.05, 0) is 20.3 Å². The van der Waals surface area contributed by atoms with Crippen molar-refractivity contribution in [3.05, 3.63) is 9.75 Å². The Morgan fingerprint density at radius 2 is 2.00 bits per heavy atom. The van der Waals surface area contributed by atoms with Crippen molar-refractivity contribution < 1.29 is 14.2 Å². The van der Waals surface area contributed by atoms with Crippen molar-refractivity contribution >= 4 is 11.3 Å².